The van der Waals surface area contributed by atoms with Crippen molar-refractivity contribution < 1.29 is 17.9 Å². The van der Waals surface area contributed by atoms with E-state index in [1.54, 1.807) is 18.1 Å². The number of likely N-dealkylation sites (N-methyl/N-ethyl adjacent to an activating group) is 2. The Morgan fingerprint density at radius 3 is 2.62 bits per heavy atom. The van der Waals surface area contributed by atoms with E-state index in [1.807, 2.05) is 49.3 Å². The minimum absolute atomic E-state index is 0.141. The van der Waals surface area contributed by atoms with Gasteiger partial charge in [0.25, 0.3) is 0 Å². The number of rotatable bonds is 7. The molecule has 0 fully saturated rings. The van der Waals surface area contributed by atoms with Crippen LogP contribution in [0.15, 0.2) is 59.9 Å². The number of nitrogens with one attached hydrogen (secondary N) is 1. The first kappa shape index (κ1) is 26.0. The fraction of sp³-hybridized carbons (Fsp3) is 0.320. The first-order valence-corrected chi connectivity index (χ1v) is 11.4. The van der Waals surface area contributed by atoms with Gasteiger partial charge in [-0.15, -0.1) is 13.2 Å². The van der Waals surface area contributed by atoms with E-state index in [-0.39, 0.29) is 29.2 Å². The van der Waals surface area contributed by atoms with Crippen molar-refractivity contribution in [3.8, 4) is 17.3 Å². The summed E-state index contributed by atoms with van der Waals surface area (Å²) in [7, 11) is 5.50. The predicted molar refractivity (Wildman–Crippen MR) is 132 cm³/mol. The Labute approximate surface area is 211 Å². The lowest BCUT2D eigenvalue weighted by Gasteiger charge is -2.37. The van der Waals surface area contributed by atoms with Gasteiger partial charge in [0.2, 0.25) is 0 Å². The molecule has 0 radical (unpaired) electrons. The van der Waals surface area contributed by atoms with Crippen LogP contribution in [-0.2, 0) is 10.3 Å². The highest BCUT2D eigenvalue weighted by atomic mass is 19.4. The maximum atomic E-state index is 13.5. The summed E-state index contributed by atoms with van der Waals surface area (Å²) in [6.45, 7) is 1.16. The van der Waals surface area contributed by atoms with Gasteiger partial charge in [0.1, 0.15) is 17.4 Å². The Morgan fingerprint density at radius 2 is 1.95 bits per heavy atom. The highest BCUT2D eigenvalue weighted by Crippen LogP contribution is 2.41. The summed E-state index contributed by atoms with van der Waals surface area (Å²) in [6, 6.07) is 9.43. The van der Waals surface area contributed by atoms with Crippen LogP contribution in [0.3, 0.4) is 0 Å². The smallest absolute Gasteiger partial charge is 0.408 e. The molecule has 5 N–H and O–H groups in total. The molecule has 0 amide bonds. The molecule has 1 unspecified atom stereocenters. The Morgan fingerprint density at radius 1 is 1.22 bits per heavy atom. The van der Waals surface area contributed by atoms with Crippen LogP contribution < -0.4 is 11.5 Å². The molecule has 4 rings (SSSR count). The number of benzene rings is 1. The van der Waals surface area contributed by atoms with Crippen molar-refractivity contribution in [2.75, 3.05) is 34.2 Å². The molecule has 1 aromatic carbocycles. The molecule has 2 heterocycles. The number of aromatic nitrogens is 3. The number of ether oxygens (including phenoxy) is 1. The highest BCUT2D eigenvalue weighted by Gasteiger charge is 2.46. The lowest BCUT2D eigenvalue weighted by atomic mass is 9.85. The summed E-state index contributed by atoms with van der Waals surface area (Å²) in [5.41, 5.74) is 13.4. The monoisotopic (exact) mass is 512 g/mol. The predicted octanol–water partition coefficient (Wildman–Crippen LogP) is 3.14. The first-order valence-electron chi connectivity index (χ1n) is 11.4. The van der Waals surface area contributed by atoms with E-state index < -0.39 is 17.7 Å². The third-order valence-electron chi connectivity index (χ3n) is 6.18. The number of nitrogens with two attached hydrogens (primary N) is 2. The van der Waals surface area contributed by atoms with E-state index in [0.29, 0.717) is 24.4 Å². The van der Waals surface area contributed by atoms with E-state index in [1.165, 1.54) is 12.3 Å². The SMILES string of the molecule is CN(C)CCN(C)C1=C(N)CC(N)(c2ncc(C#N)c(-c3c[nH]c4ccccc34)n2)C(OC(F)(F)F)=C1. The number of H-pyrrole nitrogens is 1. The standard InChI is InChI=1S/C25H27F3N8O/c1-35(2)8-9-36(3)20-10-21(37-25(26,27)28)24(31,11-18(20)30)23-33-13-15(12-29)22(34-23)17-14-32-19-7-5-4-6-16(17)19/h4-7,10,13-14,32H,8-9,11,30-31H2,1-3H3. The molecule has 0 bridgehead atoms. The molecule has 2 aromatic heterocycles. The van der Waals surface area contributed by atoms with Crippen LogP contribution in [0, 0.1) is 11.3 Å². The zero-order chi connectivity index (χ0) is 27.0. The third-order valence-corrected chi connectivity index (χ3v) is 6.18. The van der Waals surface area contributed by atoms with Crippen molar-refractivity contribution in [1.29, 1.82) is 5.26 Å². The van der Waals surface area contributed by atoms with Gasteiger partial charge in [-0.25, -0.2) is 9.97 Å². The van der Waals surface area contributed by atoms with Gasteiger partial charge in [-0.2, -0.15) is 5.26 Å². The van der Waals surface area contributed by atoms with Crippen LogP contribution >= 0.6 is 0 Å². The van der Waals surface area contributed by atoms with Gasteiger partial charge < -0.3 is 31.0 Å². The van der Waals surface area contributed by atoms with Gasteiger partial charge in [0, 0.05) is 67.2 Å². The van der Waals surface area contributed by atoms with E-state index in [9.17, 15) is 18.4 Å². The zero-order valence-corrected chi connectivity index (χ0v) is 20.6. The summed E-state index contributed by atoms with van der Waals surface area (Å²) >= 11 is 0. The van der Waals surface area contributed by atoms with Crippen LogP contribution in [-0.4, -0.2) is 65.3 Å². The molecule has 0 saturated heterocycles. The first-order chi connectivity index (χ1) is 17.4. The summed E-state index contributed by atoms with van der Waals surface area (Å²) in [5.74, 6) is -0.740. The van der Waals surface area contributed by atoms with Gasteiger partial charge in [0.15, 0.2) is 5.82 Å². The van der Waals surface area contributed by atoms with Crippen molar-refractivity contribution in [2.45, 2.75) is 18.3 Å². The second-order valence-corrected chi connectivity index (χ2v) is 9.16. The molecule has 0 spiro atoms. The lowest BCUT2D eigenvalue weighted by molar-refractivity contribution is -0.310. The van der Waals surface area contributed by atoms with Crippen molar-refractivity contribution in [3.05, 3.63) is 71.3 Å². The molecular weight excluding hydrogens is 485 g/mol. The number of fused-ring (bicyclic) bond motifs is 1. The average Bonchev–Trinajstić information content (AvgIpc) is 3.27. The number of alkyl halides is 3. The molecule has 3 aromatic rings. The largest absolute Gasteiger partial charge is 0.572 e. The Bertz CT molecular complexity index is 1420. The topological polar surface area (TPSA) is 133 Å². The van der Waals surface area contributed by atoms with Crippen molar-refractivity contribution in [1.82, 2.24) is 24.8 Å². The van der Waals surface area contributed by atoms with Crippen LogP contribution in [0.2, 0.25) is 0 Å². The quantitative estimate of drug-likeness (QED) is 0.440. The van der Waals surface area contributed by atoms with Gasteiger partial charge in [-0.05, 0) is 20.2 Å². The Kier molecular flexibility index (Phi) is 6.86. The molecule has 194 valence electrons. The van der Waals surface area contributed by atoms with E-state index in [2.05, 4.69) is 19.7 Å². The van der Waals surface area contributed by atoms with Crippen molar-refractivity contribution in [2.24, 2.45) is 11.5 Å². The molecular formula is C25H27F3N8O. The lowest BCUT2D eigenvalue weighted by Crippen LogP contribution is -2.47. The van der Waals surface area contributed by atoms with Crippen LogP contribution in [0.5, 0.6) is 0 Å². The van der Waals surface area contributed by atoms with E-state index >= 15 is 0 Å². The van der Waals surface area contributed by atoms with Gasteiger partial charge in [0.05, 0.1) is 17.0 Å². The number of para-hydroxylation sites is 1. The number of aromatic amines is 1. The molecule has 12 heteroatoms. The Hall–Kier alpha value is -4.08. The molecule has 9 nitrogen and oxygen atoms in total. The number of hydrogen-bond donors (Lipinski definition) is 3. The van der Waals surface area contributed by atoms with Crippen LogP contribution in [0.25, 0.3) is 22.2 Å². The minimum atomic E-state index is -5.01. The number of allylic oxidation sites excluding steroid dienone is 1. The Balaban J connectivity index is 1.82. The normalized spacial score (nSPS) is 18.2. The number of halogens is 3. The molecule has 1 aliphatic carbocycles. The van der Waals surface area contributed by atoms with E-state index in [4.69, 9.17) is 11.5 Å². The summed E-state index contributed by atoms with van der Waals surface area (Å²) in [5, 5.41) is 10.5. The van der Waals surface area contributed by atoms with E-state index in [0.717, 1.165) is 10.9 Å². The third kappa shape index (κ3) is 5.23. The zero-order valence-electron chi connectivity index (χ0n) is 20.6. The van der Waals surface area contributed by atoms with Crippen molar-refractivity contribution in [3.63, 3.8) is 0 Å². The van der Waals surface area contributed by atoms with Gasteiger partial charge in [-0.1, -0.05) is 18.2 Å². The fourth-order valence-electron chi connectivity index (χ4n) is 4.24. The second kappa shape index (κ2) is 9.76. The maximum absolute atomic E-state index is 13.5. The summed E-state index contributed by atoms with van der Waals surface area (Å²) < 4.78 is 44.9. The second-order valence-electron chi connectivity index (χ2n) is 9.16. The molecule has 0 aliphatic heterocycles. The van der Waals surface area contributed by atoms with Gasteiger partial charge in [-0.3, -0.25) is 0 Å². The molecule has 1 atom stereocenters. The number of hydrogen-bond acceptors (Lipinski definition) is 8. The number of nitriles is 1. The summed E-state index contributed by atoms with van der Waals surface area (Å²) in [6.07, 6.45) is -1.12. The maximum Gasteiger partial charge on any atom is 0.572 e. The van der Waals surface area contributed by atoms with Gasteiger partial charge >= 0.3 is 6.36 Å². The fourth-order valence-corrected chi connectivity index (χ4v) is 4.24. The number of nitrogens with zero attached hydrogens (tertiary/aromatic N) is 5. The highest BCUT2D eigenvalue weighted by molar-refractivity contribution is 5.95. The minimum Gasteiger partial charge on any atom is -0.408 e. The molecule has 0 saturated carbocycles. The molecule has 1 aliphatic rings. The average molecular weight is 513 g/mol. The van der Waals surface area contributed by atoms with Crippen LogP contribution in [0.1, 0.15) is 17.8 Å². The van der Waals surface area contributed by atoms with Crippen LogP contribution in [0.4, 0.5) is 13.2 Å². The molecule has 37 heavy (non-hydrogen) atoms. The van der Waals surface area contributed by atoms with Crippen molar-refractivity contribution >= 4 is 10.9 Å². The summed E-state index contributed by atoms with van der Waals surface area (Å²) in [4.78, 5) is 15.5.